The van der Waals surface area contributed by atoms with Crippen molar-refractivity contribution >= 4 is 38.9 Å². The summed E-state index contributed by atoms with van der Waals surface area (Å²) in [6.45, 7) is 0.504. The number of carbonyl (C=O) groups is 1. The van der Waals surface area contributed by atoms with Gasteiger partial charge in [-0.1, -0.05) is 6.07 Å². The molecule has 1 aliphatic rings. The van der Waals surface area contributed by atoms with Crippen LogP contribution in [0.15, 0.2) is 29.0 Å². The smallest absolute Gasteiger partial charge is 0.419 e. The van der Waals surface area contributed by atoms with Crippen LogP contribution in [0, 0.1) is 11.3 Å². The monoisotopic (exact) mass is 494 g/mol. The summed E-state index contributed by atoms with van der Waals surface area (Å²) in [6, 6.07) is 4.76. The minimum absolute atomic E-state index is 0.0256. The lowest BCUT2D eigenvalue weighted by atomic mass is 10.0. The van der Waals surface area contributed by atoms with Crippen LogP contribution in [-0.2, 0) is 6.18 Å². The lowest BCUT2D eigenvalue weighted by Gasteiger charge is -2.16. The Morgan fingerprint density at radius 2 is 2.19 bits per heavy atom. The predicted octanol–water partition coefficient (Wildman–Crippen LogP) is 4.44. The van der Waals surface area contributed by atoms with Crippen LogP contribution in [0.4, 0.5) is 23.9 Å². The Kier molecular flexibility index (Phi) is 5.22. The van der Waals surface area contributed by atoms with Gasteiger partial charge in [0.15, 0.2) is 0 Å². The van der Waals surface area contributed by atoms with Crippen molar-refractivity contribution in [1.29, 1.82) is 5.26 Å². The molecule has 12 heteroatoms. The number of aromatic amines is 1. The lowest BCUT2D eigenvalue weighted by Crippen LogP contribution is -2.30. The molecule has 8 nitrogen and oxygen atoms in total. The second-order valence-electron chi connectivity index (χ2n) is 6.98. The molecule has 1 atom stereocenters. The average molecular weight is 495 g/mol. The first-order chi connectivity index (χ1) is 14.7. The van der Waals surface area contributed by atoms with E-state index in [4.69, 9.17) is 10.4 Å². The number of benzene rings is 1. The quantitative estimate of drug-likeness (QED) is 0.495. The second-order valence-corrected chi connectivity index (χ2v) is 7.77. The van der Waals surface area contributed by atoms with Gasteiger partial charge in [-0.3, -0.25) is 0 Å². The summed E-state index contributed by atoms with van der Waals surface area (Å²) in [4.78, 5) is 23.1. The molecule has 0 bridgehead atoms. The van der Waals surface area contributed by atoms with Crippen LogP contribution in [-0.4, -0.2) is 50.2 Å². The molecule has 0 saturated carbocycles. The molecule has 3 heterocycles. The fraction of sp³-hybridized carbons (Fsp3) is 0.263. The van der Waals surface area contributed by atoms with Crippen LogP contribution in [0.5, 0.6) is 0 Å². The van der Waals surface area contributed by atoms with Crippen LogP contribution in [0.25, 0.3) is 22.2 Å². The van der Waals surface area contributed by atoms with Crippen molar-refractivity contribution in [3.8, 4) is 17.3 Å². The maximum atomic E-state index is 13.7. The maximum Gasteiger partial charge on any atom is 0.419 e. The minimum atomic E-state index is -4.69. The third kappa shape index (κ3) is 3.88. The topological polar surface area (TPSA) is 118 Å². The number of anilines is 1. The number of rotatable bonds is 3. The van der Waals surface area contributed by atoms with E-state index in [2.05, 4.69) is 36.2 Å². The van der Waals surface area contributed by atoms with Gasteiger partial charge in [-0.05, 0) is 28.4 Å². The van der Waals surface area contributed by atoms with Gasteiger partial charge in [0.1, 0.15) is 11.6 Å². The molecule has 1 saturated heterocycles. The largest absolute Gasteiger partial charge is 0.465 e. The van der Waals surface area contributed by atoms with Gasteiger partial charge in [-0.15, -0.1) is 0 Å². The summed E-state index contributed by atoms with van der Waals surface area (Å²) in [5.74, 6) is -0.0256. The minimum Gasteiger partial charge on any atom is -0.465 e. The number of carboxylic acid groups (broad SMARTS) is 1. The molecule has 0 aliphatic carbocycles. The van der Waals surface area contributed by atoms with Gasteiger partial charge in [-0.25, -0.2) is 14.8 Å². The number of nitriles is 1. The Morgan fingerprint density at radius 1 is 1.42 bits per heavy atom. The fourth-order valence-corrected chi connectivity index (χ4v) is 4.09. The molecule has 2 aromatic heterocycles. The van der Waals surface area contributed by atoms with Crippen LogP contribution in [0.2, 0.25) is 0 Å². The molecule has 3 aromatic rings. The summed E-state index contributed by atoms with van der Waals surface area (Å²) in [7, 11) is 0. The van der Waals surface area contributed by atoms with Crippen molar-refractivity contribution in [2.75, 3.05) is 18.4 Å². The van der Waals surface area contributed by atoms with Crippen molar-refractivity contribution in [1.82, 2.24) is 19.9 Å². The van der Waals surface area contributed by atoms with E-state index in [1.54, 1.807) is 6.07 Å². The summed E-state index contributed by atoms with van der Waals surface area (Å²) < 4.78 is 41.5. The number of alkyl halides is 3. The van der Waals surface area contributed by atoms with Gasteiger partial charge in [0, 0.05) is 42.5 Å². The summed E-state index contributed by atoms with van der Waals surface area (Å²) in [6.07, 6.45) is -3.14. The number of hydrogen-bond donors (Lipinski definition) is 3. The number of aromatic nitrogens is 3. The average Bonchev–Trinajstić information content (AvgIpc) is 3.35. The first-order valence-electron chi connectivity index (χ1n) is 9.07. The molecule has 31 heavy (non-hydrogen) atoms. The highest BCUT2D eigenvalue weighted by molar-refractivity contribution is 9.10. The zero-order valence-corrected chi connectivity index (χ0v) is 17.3. The molecule has 1 fully saturated rings. The molecular weight excluding hydrogens is 481 g/mol. The van der Waals surface area contributed by atoms with Crippen molar-refractivity contribution < 1.29 is 23.1 Å². The first kappa shape index (κ1) is 20.9. The van der Waals surface area contributed by atoms with Crippen molar-refractivity contribution in [2.24, 2.45) is 0 Å². The lowest BCUT2D eigenvalue weighted by molar-refractivity contribution is -0.137. The Balaban J connectivity index is 1.77. The van der Waals surface area contributed by atoms with E-state index in [9.17, 15) is 18.0 Å². The first-order valence-corrected chi connectivity index (χ1v) is 9.87. The van der Waals surface area contributed by atoms with Crippen molar-refractivity contribution in [2.45, 2.75) is 18.6 Å². The zero-order chi connectivity index (χ0) is 22.3. The molecule has 3 N–H and O–H groups in total. The Bertz CT molecular complexity index is 1220. The van der Waals surface area contributed by atoms with Crippen molar-refractivity contribution in [3.05, 3.63) is 40.1 Å². The molecule has 160 valence electrons. The van der Waals surface area contributed by atoms with Crippen LogP contribution in [0.1, 0.15) is 17.5 Å². The van der Waals surface area contributed by atoms with E-state index in [0.29, 0.717) is 40.1 Å². The van der Waals surface area contributed by atoms with Crippen LogP contribution in [0.3, 0.4) is 0 Å². The van der Waals surface area contributed by atoms with Gasteiger partial charge in [0.2, 0.25) is 5.95 Å². The molecule has 1 unspecified atom stereocenters. The SMILES string of the molecule is N#Cc1ccc2c(-c3nc(NC4CCN(C(=O)O)C4)ncc3C(F)(F)F)c[nH]c2c1Br. The van der Waals surface area contributed by atoms with Gasteiger partial charge < -0.3 is 20.3 Å². The Labute approximate surface area is 181 Å². The number of nitrogens with zero attached hydrogens (tertiary/aromatic N) is 4. The summed E-state index contributed by atoms with van der Waals surface area (Å²) in [5.41, 5.74) is -0.301. The normalized spacial score (nSPS) is 16.5. The van der Waals surface area contributed by atoms with Gasteiger partial charge in [-0.2, -0.15) is 18.4 Å². The maximum absolute atomic E-state index is 13.7. The third-order valence-corrected chi connectivity index (χ3v) is 5.88. The highest BCUT2D eigenvalue weighted by atomic mass is 79.9. The molecule has 1 amide bonds. The fourth-order valence-electron chi connectivity index (χ4n) is 3.54. The van der Waals surface area contributed by atoms with Gasteiger partial charge in [0.05, 0.1) is 21.2 Å². The Morgan fingerprint density at radius 3 is 2.84 bits per heavy atom. The van der Waals surface area contributed by atoms with Crippen molar-refractivity contribution in [3.63, 3.8) is 0 Å². The summed E-state index contributed by atoms with van der Waals surface area (Å²) in [5, 5.41) is 21.6. The van der Waals surface area contributed by atoms with Gasteiger partial charge >= 0.3 is 12.3 Å². The number of nitrogens with one attached hydrogen (secondary N) is 2. The van der Waals surface area contributed by atoms with E-state index in [1.165, 1.54) is 17.2 Å². The molecular formula is C19H14BrF3N6O2. The molecule has 1 aromatic carbocycles. The highest BCUT2D eigenvalue weighted by Crippen LogP contribution is 2.40. The number of likely N-dealkylation sites (tertiary alicyclic amines) is 1. The van der Waals surface area contributed by atoms with E-state index in [1.807, 2.05) is 6.07 Å². The standard InChI is InChI=1S/C19H14BrF3N6O2/c20-14-9(5-24)1-2-11-12(6-25-16(11)14)15-13(19(21,22)23)7-26-17(28-15)27-10-3-4-29(8-10)18(30)31/h1-2,6-7,10,25H,3-4,8H2,(H,30,31)(H,26,27,28). The predicted molar refractivity (Wildman–Crippen MR) is 108 cm³/mol. The zero-order valence-electron chi connectivity index (χ0n) is 15.7. The van der Waals surface area contributed by atoms with E-state index < -0.39 is 17.8 Å². The number of H-pyrrole nitrogens is 1. The second kappa shape index (κ2) is 7.73. The molecule has 0 spiro atoms. The van der Waals surface area contributed by atoms with E-state index >= 15 is 0 Å². The third-order valence-electron chi connectivity index (χ3n) is 5.05. The molecule has 0 radical (unpaired) electrons. The number of hydrogen-bond acceptors (Lipinski definition) is 5. The van der Waals surface area contributed by atoms with E-state index in [0.717, 1.165) is 0 Å². The van der Waals surface area contributed by atoms with Crippen LogP contribution >= 0.6 is 15.9 Å². The van der Waals surface area contributed by atoms with Gasteiger partial charge in [0.25, 0.3) is 0 Å². The molecule has 1 aliphatic heterocycles. The number of fused-ring (bicyclic) bond motifs is 1. The summed E-state index contributed by atoms with van der Waals surface area (Å²) >= 11 is 3.30. The van der Waals surface area contributed by atoms with Crippen LogP contribution < -0.4 is 5.32 Å². The Hall–Kier alpha value is -3.33. The highest BCUT2D eigenvalue weighted by Gasteiger charge is 2.36. The number of amides is 1. The number of halogens is 4. The van der Waals surface area contributed by atoms with E-state index in [-0.39, 0.29) is 29.8 Å². The molecule has 4 rings (SSSR count).